The zero-order chi connectivity index (χ0) is 15.4. The van der Waals surface area contributed by atoms with E-state index in [1.807, 2.05) is 37.3 Å². The Hall–Kier alpha value is -2.70. The van der Waals surface area contributed by atoms with E-state index in [9.17, 15) is 14.9 Å². The molecule has 7 heteroatoms. The lowest BCUT2D eigenvalue weighted by Gasteiger charge is -2.18. The van der Waals surface area contributed by atoms with Gasteiger partial charge >= 0.3 is 5.69 Å². The Morgan fingerprint density at radius 3 is 2.57 bits per heavy atom. The summed E-state index contributed by atoms with van der Waals surface area (Å²) in [5, 5.41) is 17.3. The van der Waals surface area contributed by atoms with Crippen molar-refractivity contribution in [2.45, 2.75) is 25.9 Å². The van der Waals surface area contributed by atoms with Gasteiger partial charge in [0, 0.05) is 0 Å². The highest BCUT2D eigenvalue weighted by Crippen LogP contribution is 2.16. The summed E-state index contributed by atoms with van der Waals surface area (Å²) in [5.74, 6) is -0.246. The smallest absolute Gasteiger partial charge is 0.307 e. The molecule has 0 aliphatic heterocycles. The summed E-state index contributed by atoms with van der Waals surface area (Å²) in [7, 11) is 0. The van der Waals surface area contributed by atoms with Gasteiger partial charge in [-0.2, -0.15) is 5.10 Å². The van der Waals surface area contributed by atoms with Crippen LogP contribution in [0.4, 0.5) is 5.69 Å². The van der Waals surface area contributed by atoms with E-state index in [4.69, 9.17) is 0 Å². The van der Waals surface area contributed by atoms with Crippen molar-refractivity contribution in [3.05, 3.63) is 58.4 Å². The van der Waals surface area contributed by atoms with Crippen LogP contribution in [0.15, 0.2) is 42.7 Å². The van der Waals surface area contributed by atoms with Gasteiger partial charge in [0.25, 0.3) is 0 Å². The first-order valence-corrected chi connectivity index (χ1v) is 6.53. The van der Waals surface area contributed by atoms with Crippen molar-refractivity contribution in [1.29, 1.82) is 0 Å². The Bertz CT molecular complexity index is 639. The molecule has 7 nitrogen and oxygen atoms in total. The summed E-state index contributed by atoms with van der Waals surface area (Å²) < 4.78 is 1.28. The van der Waals surface area contributed by atoms with E-state index < -0.39 is 11.0 Å². The zero-order valence-electron chi connectivity index (χ0n) is 11.8. The van der Waals surface area contributed by atoms with E-state index in [-0.39, 0.29) is 17.6 Å². The summed E-state index contributed by atoms with van der Waals surface area (Å²) in [6.45, 7) is 3.52. The third-order valence-electron chi connectivity index (χ3n) is 3.23. The minimum Gasteiger partial charge on any atom is -0.348 e. The fraction of sp³-hybridized carbons (Fsp3) is 0.286. The number of carbonyl (C=O) groups is 1. The van der Waals surface area contributed by atoms with Crippen LogP contribution in [-0.2, 0) is 4.79 Å². The fourth-order valence-electron chi connectivity index (χ4n) is 1.91. The first-order valence-electron chi connectivity index (χ1n) is 6.53. The molecule has 0 fully saturated rings. The number of nitro groups is 1. The molecule has 1 aromatic carbocycles. The third kappa shape index (κ3) is 3.44. The average molecular weight is 288 g/mol. The molecule has 2 rings (SSSR count). The Balaban J connectivity index is 2.03. The van der Waals surface area contributed by atoms with Crippen molar-refractivity contribution >= 4 is 11.6 Å². The Kier molecular flexibility index (Phi) is 4.32. The van der Waals surface area contributed by atoms with E-state index in [1.54, 1.807) is 6.92 Å². The van der Waals surface area contributed by atoms with Gasteiger partial charge in [0.1, 0.15) is 18.4 Å². The Morgan fingerprint density at radius 1 is 1.33 bits per heavy atom. The van der Waals surface area contributed by atoms with Gasteiger partial charge < -0.3 is 5.32 Å². The zero-order valence-corrected chi connectivity index (χ0v) is 11.8. The maximum Gasteiger partial charge on any atom is 0.307 e. The molecule has 0 aliphatic carbocycles. The SMILES string of the molecule is C[C@H](NC(=O)[C@H](C)n1cc([N+](=O)[O-])cn1)c1ccccc1. The van der Waals surface area contributed by atoms with Crippen LogP contribution in [0.2, 0.25) is 0 Å². The molecule has 0 saturated heterocycles. The molecule has 0 saturated carbocycles. The van der Waals surface area contributed by atoms with Gasteiger partial charge in [0.2, 0.25) is 5.91 Å². The lowest BCUT2D eigenvalue weighted by molar-refractivity contribution is -0.385. The number of carbonyl (C=O) groups excluding carboxylic acids is 1. The van der Waals surface area contributed by atoms with Crippen LogP contribution in [-0.4, -0.2) is 20.6 Å². The number of hydrogen-bond acceptors (Lipinski definition) is 4. The summed E-state index contributed by atoms with van der Waals surface area (Å²) >= 11 is 0. The summed E-state index contributed by atoms with van der Waals surface area (Å²) in [5.41, 5.74) is 0.857. The predicted molar refractivity (Wildman–Crippen MR) is 76.6 cm³/mol. The number of nitrogens with one attached hydrogen (secondary N) is 1. The van der Waals surface area contributed by atoms with Crippen molar-refractivity contribution in [2.24, 2.45) is 0 Å². The van der Waals surface area contributed by atoms with Crippen LogP contribution in [0, 0.1) is 10.1 Å². The summed E-state index contributed by atoms with van der Waals surface area (Å²) in [6.07, 6.45) is 2.38. The van der Waals surface area contributed by atoms with Crippen molar-refractivity contribution < 1.29 is 9.72 Å². The predicted octanol–water partition coefficient (Wildman–Crippen LogP) is 2.23. The molecule has 2 aromatic rings. The third-order valence-corrected chi connectivity index (χ3v) is 3.23. The van der Waals surface area contributed by atoms with Crippen LogP contribution in [0.25, 0.3) is 0 Å². The molecular weight excluding hydrogens is 272 g/mol. The molecule has 0 spiro atoms. The number of hydrogen-bond donors (Lipinski definition) is 1. The van der Waals surface area contributed by atoms with Gasteiger partial charge in [-0.15, -0.1) is 0 Å². The number of nitrogens with zero attached hydrogens (tertiary/aromatic N) is 3. The largest absolute Gasteiger partial charge is 0.348 e. The molecule has 1 amide bonds. The second kappa shape index (κ2) is 6.17. The molecule has 0 unspecified atom stereocenters. The Labute approximate surface area is 121 Å². The van der Waals surface area contributed by atoms with Crippen LogP contribution in [0.5, 0.6) is 0 Å². The van der Waals surface area contributed by atoms with Crippen LogP contribution < -0.4 is 5.32 Å². The van der Waals surface area contributed by atoms with Crippen LogP contribution in [0.3, 0.4) is 0 Å². The van der Waals surface area contributed by atoms with Gasteiger partial charge in [-0.3, -0.25) is 19.6 Å². The molecule has 0 aliphatic rings. The van der Waals surface area contributed by atoms with E-state index >= 15 is 0 Å². The van der Waals surface area contributed by atoms with E-state index in [1.165, 1.54) is 10.9 Å². The first-order chi connectivity index (χ1) is 9.99. The molecular formula is C14H16N4O3. The molecule has 0 radical (unpaired) electrons. The summed E-state index contributed by atoms with van der Waals surface area (Å²) in [6, 6.07) is 8.79. The van der Waals surface area contributed by atoms with Gasteiger partial charge in [-0.25, -0.2) is 0 Å². The van der Waals surface area contributed by atoms with E-state index in [2.05, 4.69) is 10.4 Å². The van der Waals surface area contributed by atoms with Crippen molar-refractivity contribution in [2.75, 3.05) is 0 Å². The molecule has 1 N–H and O–H groups in total. The van der Waals surface area contributed by atoms with Gasteiger partial charge in [-0.1, -0.05) is 30.3 Å². The lowest BCUT2D eigenvalue weighted by Crippen LogP contribution is -2.33. The van der Waals surface area contributed by atoms with Gasteiger partial charge in [0.05, 0.1) is 11.0 Å². The topological polar surface area (TPSA) is 90.1 Å². The molecule has 1 heterocycles. The maximum atomic E-state index is 12.2. The minimum atomic E-state index is -0.620. The highest BCUT2D eigenvalue weighted by Gasteiger charge is 2.20. The molecule has 21 heavy (non-hydrogen) atoms. The minimum absolute atomic E-state index is 0.134. The second-order valence-corrected chi connectivity index (χ2v) is 4.75. The average Bonchev–Trinajstić information content (AvgIpc) is 2.97. The highest BCUT2D eigenvalue weighted by molar-refractivity contribution is 5.80. The highest BCUT2D eigenvalue weighted by atomic mass is 16.6. The van der Waals surface area contributed by atoms with Gasteiger partial charge in [-0.05, 0) is 19.4 Å². The number of rotatable bonds is 5. The summed E-state index contributed by atoms with van der Waals surface area (Å²) in [4.78, 5) is 22.2. The van der Waals surface area contributed by atoms with Crippen LogP contribution in [0.1, 0.15) is 31.5 Å². The molecule has 110 valence electrons. The second-order valence-electron chi connectivity index (χ2n) is 4.75. The van der Waals surface area contributed by atoms with Crippen molar-refractivity contribution in [3.8, 4) is 0 Å². The van der Waals surface area contributed by atoms with Crippen molar-refractivity contribution in [3.63, 3.8) is 0 Å². The monoisotopic (exact) mass is 288 g/mol. The first kappa shape index (κ1) is 14.7. The molecule has 1 aromatic heterocycles. The number of amides is 1. The quantitative estimate of drug-likeness (QED) is 0.674. The Morgan fingerprint density at radius 2 is 2.00 bits per heavy atom. The standard InChI is InChI=1S/C14H16N4O3/c1-10(12-6-4-3-5-7-12)16-14(19)11(2)17-9-13(8-15-17)18(20)21/h3-11H,1-2H3,(H,16,19)/t10-,11-/m0/s1. The van der Waals surface area contributed by atoms with Crippen molar-refractivity contribution in [1.82, 2.24) is 15.1 Å². The van der Waals surface area contributed by atoms with E-state index in [0.29, 0.717) is 0 Å². The maximum absolute atomic E-state index is 12.2. The normalized spacial score (nSPS) is 13.4. The fourth-order valence-corrected chi connectivity index (χ4v) is 1.91. The van der Waals surface area contributed by atoms with E-state index in [0.717, 1.165) is 11.8 Å². The van der Waals surface area contributed by atoms with Crippen LogP contribution >= 0.6 is 0 Å². The number of benzene rings is 1. The molecule has 2 atom stereocenters. The molecule has 0 bridgehead atoms. The van der Waals surface area contributed by atoms with Gasteiger partial charge in [0.15, 0.2) is 0 Å². The number of aromatic nitrogens is 2. The lowest BCUT2D eigenvalue weighted by atomic mass is 10.1.